The molecule has 0 aromatic heterocycles. The zero-order valence-electron chi connectivity index (χ0n) is 14.0. The van der Waals surface area contributed by atoms with Crippen LogP contribution in [0.2, 0.25) is 0 Å². The van der Waals surface area contributed by atoms with Crippen LogP contribution >= 0.6 is 0 Å². The first kappa shape index (κ1) is 16.3. The van der Waals surface area contributed by atoms with Crippen molar-refractivity contribution in [1.29, 1.82) is 0 Å². The number of carbonyl (C=O) groups excluding carboxylic acids is 1. The second-order valence-corrected chi connectivity index (χ2v) is 6.16. The third-order valence-electron chi connectivity index (χ3n) is 4.57. The number of benzene rings is 2. The fourth-order valence-electron chi connectivity index (χ4n) is 3.30. The minimum atomic E-state index is -0.379. The number of anilines is 2. The zero-order chi connectivity index (χ0) is 18.1. The Balaban J connectivity index is 1.73. The van der Waals surface area contributed by atoms with Crippen LogP contribution in [0, 0.1) is 10.1 Å². The van der Waals surface area contributed by atoms with Gasteiger partial charge in [-0.25, -0.2) is 0 Å². The maximum Gasteiger partial charge on any atom is 0.293 e. The highest BCUT2D eigenvalue weighted by Gasteiger charge is 2.25. The van der Waals surface area contributed by atoms with Gasteiger partial charge in [-0.15, -0.1) is 0 Å². The number of nitro groups is 1. The number of morpholine rings is 1. The molecule has 0 saturated carbocycles. The van der Waals surface area contributed by atoms with E-state index in [0.29, 0.717) is 43.1 Å². The summed E-state index contributed by atoms with van der Waals surface area (Å²) in [5.41, 5.74) is 3.30. The lowest BCUT2D eigenvalue weighted by Crippen LogP contribution is -2.36. The van der Waals surface area contributed by atoms with Crippen LogP contribution in [-0.2, 0) is 9.53 Å². The second-order valence-electron chi connectivity index (χ2n) is 6.16. The Morgan fingerprint density at radius 3 is 2.69 bits per heavy atom. The third kappa shape index (κ3) is 2.93. The topological polar surface area (TPSA) is 84.7 Å². The molecule has 2 aromatic carbocycles. The number of hydrogen-bond acceptors (Lipinski definition) is 5. The molecule has 2 aromatic rings. The normalized spacial score (nSPS) is 17.9. The Morgan fingerprint density at radius 2 is 1.92 bits per heavy atom. The van der Waals surface area contributed by atoms with Crippen LogP contribution in [0.25, 0.3) is 11.6 Å². The first-order valence-corrected chi connectivity index (χ1v) is 8.37. The Bertz CT molecular complexity index is 917. The molecule has 0 aliphatic carbocycles. The molecule has 132 valence electrons. The summed E-state index contributed by atoms with van der Waals surface area (Å²) in [7, 11) is 0. The molecule has 2 heterocycles. The highest BCUT2D eigenvalue weighted by molar-refractivity contribution is 6.34. The van der Waals surface area contributed by atoms with Crippen molar-refractivity contribution in [2.24, 2.45) is 0 Å². The molecule has 4 rings (SSSR count). The van der Waals surface area contributed by atoms with E-state index in [1.54, 1.807) is 18.2 Å². The Kier molecular flexibility index (Phi) is 4.14. The number of hydrogen-bond donors (Lipinski definition) is 1. The summed E-state index contributed by atoms with van der Waals surface area (Å²) >= 11 is 0. The number of nitrogens with one attached hydrogen (secondary N) is 1. The lowest BCUT2D eigenvalue weighted by Gasteiger charge is -2.28. The van der Waals surface area contributed by atoms with E-state index in [1.165, 1.54) is 6.07 Å². The summed E-state index contributed by atoms with van der Waals surface area (Å²) in [6.07, 6.45) is 1.69. The number of para-hydroxylation sites is 1. The van der Waals surface area contributed by atoms with Crippen molar-refractivity contribution in [3.63, 3.8) is 0 Å². The molecule has 2 aliphatic rings. The third-order valence-corrected chi connectivity index (χ3v) is 4.57. The van der Waals surface area contributed by atoms with Gasteiger partial charge in [0.1, 0.15) is 5.69 Å². The molecule has 1 amide bonds. The second kappa shape index (κ2) is 6.61. The van der Waals surface area contributed by atoms with E-state index in [1.807, 2.05) is 29.2 Å². The van der Waals surface area contributed by atoms with Gasteiger partial charge in [-0.1, -0.05) is 24.3 Å². The fraction of sp³-hybridized carbons (Fsp3) is 0.211. The van der Waals surface area contributed by atoms with Gasteiger partial charge >= 0.3 is 0 Å². The average Bonchev–Trinajstić information content (AvgIpc) is 2.98. The van der Waals surface area contributed by atoms with Gasteiger partial charge in [0.2, 0.25) is 0 Å². The highest BCUT2D eigenvalue weighted by Crippen LogP contribution is 2.35. The van der Waals surface area contributed by atoms with Crippen molar-refractivity contribution >= 4 is 34.6 Å². The summed E-state index contributed by atoms with van der Waals surface area (Å²) in [5.74, 6) is -0.203. The molecule has 1 N–H and O–H groups in total. The van der Waals surface area contributed by atoms with E-state index < -0.39 is 0 Å². The van der Waals surface area contributed by atoms with Crippen LogP contribution in [0.1, 0.15) is 11.1 Å². The van der Waals surface area contributed by atoms with Crippen LogP contribution in [0.4, 0.5) is 17.1 Å². The van der Waals surface area contributed by atoms with Gasteiger partial charge in [-0.3, -0.25) is 14.9 Å². The van der Waals surface area contributed by atoms with Crippen LogP contribution in [0.5, 0.6) is 0 Å². The largest absolute Gasteiger partial charge is 0.378 e. The lowest BCUT2D eigenvalue weighted by molar-refractivity contribution is -0.384. The van der Waals surface area contributed by atoms with Crippen molar-refractivity contribution in [3.05, 3.63) is 63.7 Å². The molecule has 2 aliphatic heterocycles. The molecular weight excluding hydrogens is 334 g/mol. The molecule has 0 unspecified atom stereocenters. The smallest absolute Gasteiger partial charge is 0.293 e. The molecule has 26 heavy (non-hydrogen) atoms. The monoisotopic (exact) mass is 351 g/mol. The van der Waals surface area contributed by atoms with Crippen molar-refractivity contribution in [1.82, 2.24) is 0 Å². The molecule has 0 radical (unpaired) electrons. The Hall–Kier alpha value is -3.19. The van der Waals surface area contributed by atoms with Gasteiger partial charge in [0.15, 0.2) is 0 Å². The maximum absolute atomic E-state index is 12.2. The van der Waals surface area contributed by atoms with Gasteiger partial charge in [0.05, 0.1) is 18.1 Å². The molecule has 0 atom stereocenters. The maximum atomic E-state index is 12.2. The van der Waals surface area contributed by atoms with Crippen molar-refractivity contribution in [2.75, 3.05) is 36.5 Å². The van der Waals surface area contributed by atoms with Gasteiger partial charge in [-0.05, 0) is 23.8 Å². The van der Waals surface area contributed by atoms with Gasteiger partial charge < -0.3 is 15.0 Å². The van der Waals surface area contributed by atoms with E-state index in [0.717, 1.165) is 11.3 Å². The summed E-state index contributed by atoms with van der Waals surface area (Å²) in [6, 6.07) is 12.5. The Labute approximate surface area is 150 Å². The summed E-state index contributed by atoms with van der Waals surface area (Å²) < 4.78 is 5.31. The van der Waals surface area contributed by atoms with E-state index in [4.69, 9.17) is 4.74 Å². The summed E-state index contributed by atoms with van der Waals surface area (Å²) in [4.78, 5) is 25.4. The number of amides is 1. The Morgan fingerprint density at radius 1 is 1.15 bits per heavy atom. The number of rotatable bonds is 3. The number of carbonyl (C=O) groups is 1. The zero-order valence-corrected chi connectivity index (χ0v) is 14.0. The number of fused-ring (bicyclic) bond motifs is 1. The van der Waals surface area contributed by atoms with E-state index in [-0.39, 0.29) is 16.5 Å². The minimum absolute atomic E-state index is 0.0351. The minimum Gasteiger partial charge on any atom is -0.378 e. The van der Waals surface area contributed by atoms with Gasteiger partial charge in [0.25, 0.3) is 11.6 Å². The standard InChI is InChI=1S/C19H17N3O4/c23-19-15(14-3-1-2-4-16(14)20-19)11-13-5-6-17(18(12-13)22(24)25)21-7-9-26-10-8-21/h1-6,11-12H,7-10H2,(H,20,23)/b15-11+. The highest BCUT2D eigenvalue weighted by atomic mass is 16.6. The van der Waals surface area contributed by atoms with Crippen molar-refractivity contribution in [2.45, 2.75) is 0 Å². The molecule has 1 saturated heterocycles. The quantitative estimate of drug-likeness (QED) is 0.522. The summed E-state index contributed by atoms with van der Waals surface area (Å²) in [6.45, 7) is 2.36. The van der Waals surface area contributed by atoms with E-state index >= 15 is 0 Å². The predicted molar refractivity (Wildman–Crippen MR) is 99.1 cm³/mol. The number of nitrogens with zero attached hydrogens (tertiary/aromatic N) is 2. The molecule has 7 heteroatoms. The van der Waals surface area contributed by atoms with Crippen LogP contribution < -0.4 is 10.2 Å². The first-order valence-electron chi connectivity index (χ1n) is 8.37. The van der Waals surface area contributed by atoms with Crippen molar-refractivity contribution < 1.29 is 14.5 Å². The van der Waals surface area contributed by atoms with E-state index in [2.05, 4.69) is 5.32 Å². The summed E-state index contributed by atoms with van der Waals surface area (Å²) in [5, 5.41) is 14.4. The molecular formula is C19H17N3O4. The van der Waals surface area contributed by atoms with Crippen molar-refractivity contribution in [3.8, 4) is 0 Å². The molecule has 0 bridgehead atoms. The SMILES string of the molecule is O=C1Nc2ccccc2/C1=C\c1ccc(N2CCOCC2)c([N+](=O)[O-])c1. The van der Waals surface area contributed by atoms with Gasteiger partial charge in [-0.2, -0.15) is 0 Å². The molecule has 0 spiro atoms. The predicted octanol–water partition coefficient (Wildman–Crippen LogP) is 2.92. The molecule has 1 fully saturated rings. The van der Waals surface area contributed by atoms with E-state index in [9.17, 15) is 14.9 Å². The average molecular weight is 351 g/mol. The van der Waals surface area contributed by atoms with Gasteiger partial charge in [0, 0.05) is 36.0 Å². The van der Waals surface area contributed by atoms with Crippen LogP contribution in [-0.4, -0.2) is 37.1 Å². The molecule has 7 nitrogen and oxygen atoms in total. The number of ether oxygens (including phenoxy) is 1. The van der Waals surface area contributed by atoms with Crippen LogP contribution in [0.3, 0.4) is 0 Å². The number of nitro benzene ring substituents is 1. The lowest BCUT2D eigenvalue weighted by atomic mass is 10.0. The van der Waals surface area contributed by atoms with Crippen LogP contribution in [0.15, 0.2) is 42.5 Å². The first-order chi connectivity index (χ1) is 12.6. The fourth-order valence-corrected chi connectivity index (χ4v) is 3.30.